The number of nitrogens with zero attached hydrogens (tertiary/aromatic N) is 3. The number of hydrogen-bond donors (Lipinski definition) is 0. The van der Waals surface area contributed by atoms with Gasteiger partial charge in [0, 0.05) is 24.5 Å². The third-order valence-electron chi connectivity index (χ3n) is 3.39. The van der Waals surface area contributed by atoms with E-state index in [4.69, 9.17) is 21.3 Å². The third kappa shape index (κ3) is 3.61. The molecule has 1 aliphatic heterocycles. The number of alkyl halides is 1. The normalized spacial score (nSPS) is 22.4. The molecule has 1 unspecified atom stereocenters. The molecule has 112 valence electrons. The van der Waals surface area contributed by atoms with Gasteiger partial charge in [0.2, 0.25) is 5.95 Å². The highest BCUT2D eigenvalue weighted by molar-refractivity contribution is 6.18. The Morgan fingerprint density at radius 2 is 2.15 bits per heavy atom. The smallest absolute Gasteiger partial charge is 0.225 e. The molecule has 0 bridgehead atoms. The van der Waals surface area contributed by atoms with Crippen LogP contribution in [0.5, 0.6) is 0 Å². The first-order valence-corrected chi connectivity index (χ1v) is 7.68. The lowest BCUT2D eigenvalue weighted by molar-refractivity contribution is -0.0738. The van der Waals surface area contributed by atoms with Crippen LogP contribution in [-0.4, -0.2) is 40.6 Å². The minimum absolute atomic E-state index is 0.0204. The number of halogens is 1. The molecule has 0 saturated carbocycles. The summed E-state index contributed by atoms with van der Waals surface area (Å²) in [5.41, 5.74) is 1.85. The van der Waals surface area contributed by atoms with E-state index in [0.29, 0.717) is 11.8 Å². The summed E-state index contributed by atoms with van der Waals surface area (Å²) in [6.45, 7) is 12.0. The molecule has 1 fully saturated rings. The van der Waals surface area contributed by atoms with Gasteiger partial charge in [0.1, 0.15) is 0 Å². The standard InChI is InChI=1S/C15H24ClN3O/c1-10(2)13-6-11(3)17-14(18-13)19-8-12(7-16)20-15(4,5)9-19/h6,10,12H,7-9H2,1-5H3. The van der Waals surface area contributed by atoms with E-state index >= 15 is 0 Å². The van der Waals surface area contributed by atoms with Crippen molar-refractivity contribution >= 4 is 17.5 Å². The number of aromatic nitrogens is 2. The summed E-state index contributed by atoms with van der Waals surface area (Å²) in [6, 6.07) is 2.05. The van der Waals surface area contributed by atoms with Crippen LogP contribution in [0.4, 0.5) is 5.95 Å². The second-order valence-electron chi connectivity index (χ2n) is 6.42. The van der Waals surface area contributed by atoms with Crippen molar-refractivity contribution in [3.8, 4) is 0 Å². The zero-order valence-electron chi connectivity index (χ0n) is 13.0. The summed E-state index contributed by atoms with van der Waals surface area (Å²) in [7, 11) is 0. The van der Waals surface area contributed by atoms with Crippen molar-refractivity contribution < 1.29 is 4.74 Å². The van der Waals surface area contributed by atoms with Crippen LogP contribution in [0.25, 0.3) is 0 Å². The number of morpholine rings is 1. The summed E-state index contributed by atoms with van der Waals surface area (Å²) >= 11 is 5.98. The summed E-state index contributed by atoms with van der Waals surface area (Å²) < 4.78 is 5.95. The molecule has 1 aromatic rings. The van der Waals surface area contributed by atoms with Gasteiger partial charge in [0.25, 0.3) is 0 Å². The van der Waals surface area contributed by atoms with Crippen LogP contribution in [0.2, 0.25) is 0 Å². The second kappa shape index (κ2) is 5.86. The van der Waals surface area contributed by atoms with Crippen LogP contribution in [0, 0.1) is 6.92 Å². The van der Waals surface area contributed by atoms with E-state index in [-0.39, 0.29) is 11.7 Å². The number of ether oxygens (including phenoxy) is 1. The highest BCUT2D eigenvalue weighted by atomic mass is 35.5. The molecule has 1 aliphatic rings. The zero-order valence-corrected chi connectivity index (χ0v) is 13.7. The molecule has 0 amide bonds. The van der Waals surface area contributed by atoms with E-state index in [1.807, 2.05) is 6.92 Å². The Morgan fingerprint density at radius 1 is 1.45 bits per heavy atom. The molecule has 1 aromatic heterocycles. The number of hydrogen-bond acceptors (Lipinski definition) is 4. The molecular weight excluding hydrogens is 274 g/mol. The Kier molecular flexibility index (Phi) is 4.55. The first-order valence-electron chi connectivity index (χ1n) is 7.15. The van der Waals surface area contributed by atoms with Crippen LogP contribution in [0.1, 0.15) is 45.0 Å². The van der Waals surface area contributed by atoms with Gasteiger partial charge in [-0.3, -0.25) is 0 Å². The highest BCUT2D eigenvalue weighted by Gasteiger charge is 2.34. The van der Waals surface area contributed by atoms with Gasteiger partial charge in [-0.05, 0) is 32.8 Å². The fraction of sp³-hybridized carbons (Fsp3) is 0.733. The fourth-order valence-electron chi connectivity index (χ4n) is 2.54. The molecule has 2 heterocycles. The number of rotatable bonds is 3. The van der Waals surface area contributed by atoms with Crippen molar-refractivity contribution in [2.24, 2.45) is 0 Å². The zero-order chi connectivity index (χ0) is 14.9. The summed E-state index contributed by atoms with van der Waals surface area (Å²) in [6.07, 6.45) is 0.0204. The SMILES string of the molecule is Cc1cc(C(C)C)nc(N2CC(CCl)OC(C)(C)C2)n1. The van der Waals surface area contributed by atoms with Gasteiger partial charge >= 0.3 is 0 Å². The molecule has 0 aromatic carbocycles. The van der Waals surface area contributed by atoms with Crippen molar-refractivity contribution in [1.29, 1.82) is 0 Å². The predicted molar refractivity (Wildman–Crippen MR) is 82.7 cm³/mol. The topological polar surface area (TPSA) is 38.2 Å². The highest BCUT2D eigenvalue weighted by Crippen LogP contribution is 2.25. The van der Waals surface area contributed by atoms with Gasteiger partial charge < -0.3 is 9.64 Å². The van der Waals surface area contributed by atoms with Crippen LogP contribution >= 0.6 is 11.6 Å². The Bertz CT molecular complexity index is 476. The van der Waals surface area contributed by atoms with Gasteiger partial charge in [0.05, 0.1) is 17.6 Å². The van der Waals surface area contributed by atoms with Crippen LogP contribution in [-0.2, 0) is 4.74 Å². The molecule has 0 spiro atoms. The maximum absolute atomic E-state index is 5.98. The maximum Gasteiger partial charge on any atom is 0.225 e. The molecule has 0 radical (unpaired) electrons. The first-order chi connectivity index (χ1) is 9.30. The Labute approximate surface area is 126 Å². The average Bonchev–Trinajstić information content (AvgIpc) is 2.36. The maximum atomic E-state index is 5.98. The molecular formula is C15H24ClN3O. The summed E-state index contributed by atoms with van der Waals surface area (Å²) in [5, 5.41) is 0. The van der Waals surface area contributed by atoms with Crippen molar-refractivity contribution in [3.05, 3.63) is 17.5 Å². The van der Waals surface area contributed by atoms with Gasteiger partial charge in [-0.2, -0.15) is 0 Å². The minimum Gasteiger partial charge on any atom is -0.367 e. The van der Waals surface area contributed by atoms with Crippen LogP contribution < -0.4 is 4.90 Å². The van der Waals surface area contributed by atoms with E-state index in [1.54, 1.807) is 0 Å². The molecule has 4 nitrogen and oxygen atoms in total. The van der Waals surface area contributed by atoms with Crippen LogP contribution in [0.3, 0.4) is 0 Å². The second-order valence-corrected chi connectivity index (χ2v) is 6.73. The van der Waals surface area contributed by atoms with Gasteiger partial charge in [-0.15, -0.1) is 11.6 Å². The lowest BCUT2D eigenvalue weighted by Gasteiger charge is -2.42. The molecule has 1 atom stereocenters. The number of aryl methyl sites for hydroxylation is 1. The fourth-order valence-corrected chi connectivity index (χ4v) is 2.70. The lowest BCUT2D eigenvalue weighted by Crippen LogP contribution is -2.54. The van der Waals surface area contributed by atoms with E-state index in [0.717, 1.165) is 30.4 Å². The Hall–Kier alpha value is -0.870. The lowest BCUT2D eigenvalue weighted by atomic mass is 10.1. The third-order valence-corrected chi connectivity index (χ3v) is 3.73. The average molecular weight is 298 g/mol. The van der Waals surface area contributed by atoms with Crippen LogP contribution in [0.15, 0.2) is 6.07 Å². The van der Waals surface area contributed by atoms with E-state index in [9.17, 15) is 0 Å². The molecule has 0 aliphatic carbocycles. The molecule has 5 heteroatoms. The van der Waals surface area contributed by atoms with Crippen molar-refractivity contribution in [2.45, 2.75) is 52.2 Å². The molecule has 1 saturated heterocycles. The Morgan fingerprint density at radius 3 is 2.75 bits per heavy atom. The van der Waals surface area contributed by atoms with Crippen molar-refractivity contribution in [3.63, 3.8) is 0 Å². The predicted octanol–water partition coefficient (Wildman–Crippen LogP) is 3.13. The summed E-state index contributed by atoms with van der Waals surface area (Å²) in [5.74, 6) is 1.68. The first kappa shape index (κ1) is 15.5. The van der Waals surface area contributed by atoms with Crippen molar-refractivity contribution in [2.75, 3.05) is 23.9 Å². The van der Waals surface area contributed by atoms with E-state index in [1.165, 1.54) is 0 Å². The van der Waals surface area contributed by atoms with Gasteiger partial charge in [-0.1, -0.05) is 13.8 Å². The van der Waals surface area contributed by atoms with Crippen molar-refractivity contribution in [1.82, 2.24) is 9.97 Å². The monoisotopic (exact) mass is 297 g/mol. The molecule has 0 N–H and O–H groups in total. The van der Waals surface area contributed by atoms with E-state index in [2.05, 4.69) is 43.6 Å². The molecule has 20 heavy (non-hydrogen) atoms. The summed E-state index contributed by atoms with van der Waals surface area (Å²) in [4.78, 5) is 11.5. The molecule has 2 rings (SSSR count). The quantitative estimate of drug-likeness (QED) is 0.804. The van der Waals surface area contributed by atoms with E-state index < -0.39 is 0 Å². The minimum atomic E-state index is -0.233. The largest absolute Gasteiger partial charge is 0.367 e. The number of anilines is 1. The Balaban J connectivity index is 2.30. The van der Waals surface area contributed by atoms with Gasteiger partial charge in [-0.25, -0.2) is 9.97 Å². The van der Waals surface area contributed by atoms with Gasteiger partial charge in [0.15, 0.2) is 0 Å².